The van der Waals surface area contributed by atoms with Crippen LogP contribution in [0.25, 0.3) is 0 Å². The van der Waals surface area contributed by atoms with E-state index in [1.807, 2.05) is 4.90 Å². The highest BCUT2D eigenvalue weighted by Crippen LogP contribution is 2.20. The number of thioether (sulfide) groups is 1. The van der Waals surface area contributed by atoms with E-state index in [0.29, 0.717) is 11.8 Å². The molecule has 0 spiro atoms. The first-order chi connectivity index (χ1) is 9.68. The molecule has 0 aromatic heterocycles. The van der Waals surface area contributed by atoms with Crippen LogP contribution < -0.4 is 0 Å². The highest BCUT2D eigenvalue weighted by molar-refractivity contribution is 8.23. The van der Waals surface area contributed by atoms with Crippen molar-refractivity contribution in [2.45, 2.75) is 57.9 Å². The largest absolute Gasteiger partial charge is 0.358 e. The van der Waals surface area contributed by atoms with Gasteiger partial charge in [-0.05, 0) is 39.0 Å². The number of likely N-dealkylation sites (tertiary alicyclic amines) is 2. The second kappa shape index (κ2) is 8.23. The van der Waals surface area contributed by atoms with E-state index >= 15 is 0 Å². The zero-order chi connectivity index (χ0) is 14.4. The number of thiocarbonyl (C=S) groups is 1. The second-order valence-corrected chi connectivity index (χ2v) is 7.50. The Balaban J connectivity index is 1.75. The summed E-state index contributed by atoms with van der Waals surface area (Å²) in [5.41, 5.74) is 0. The van der Waals surface area contributed by atoms with Gasteiger partial charge in [-0.3, -0.25) is 4.79 Å². The van der Waals surface area contributed by atoms with Crippen LogP contribution in [-0.2, 0) is 4.79 Å². The molecule has 0 saturated carbocycles. The second-order valence-electron chi connectivity index (χ2n) is 5.89. The van der Waals surface area contributed by atoms with Crippen LogP contribution in [-0.4, -0.2) is 51.5 Å². The Kier molecular flexibility index (Phi) is 6.62. The van der Waals surface area contributed by atoms with Crippen molar-refractivity contribution in [3.63, 3.8) is 0 Å². The Morgan fingerprint density at radius 1 is 1.10 bits per heavy atom. The van der Waals surface area contributed by atoms with Crippen LogP contribution in [0.4, 0.5) is 0 Å². The standard InChI is InChI=1S/C15H26N2OS2/c1-13-8-4-7-11-17(13)14(18)12-20-15(19)16-9-5-2-3-6-10-16/h13H,2-12H2,1H3. The summed E-state index contributed by atoms with van der Waals surface area (Å²) in [5, 5.41) is 0. The van der Waals surface area contributed by atoms with Crippen LogP contribution in [0.5, 0.6) is 0 Å². The fourth-order valence-corrected chi connectivity index (χ4v) is 4.16. The molecule has 0 N–H and O–H groups in total. The molecule has 1 amide bonds. The fraction of sp³-hybridized carbons (Fsp3) is 0.867. The third kappa shape index (κ3) is 4.62. The molecule has 1 unspecified atom stereocenters. The van der Waals surface area contributed by atoms with Crippen LogP contribution in [0.1, 0.15) is 51.9 Å². The molecular formula is C15H26N2OS2. The Bertz CT molecular complexity index is 341. The lowest BCUT2D eigenvalue weighted by Crippen LogP contribution is -2.43. The number of rotatable bonds is 2. The Morgan fingerprint density at radius 2 is 1.75 bits per heavy atom. The van der Waals surface area contributed by atoms with Gasteiger partial charge in [0.25, 0.3) is 0 Å². The summed E-state index contributed by atoms with van der Waals surface area (Å²) < 4.78 is 0.921. The SMILES string of the molecule is CC1CCCCN1C(=O)CSC(=S)N1CCCCCC1. The molecule has 114 valence electrons. The topological polar surface area (TPSA) is 23.6 Å². The lowest BCUT2D eigenvalue weighted by molar-refractivity contribution is -0.131. The maximum Gasteiger partial charge on any atom is 0.233 e. The van der Waals surface area contributed by atoms with E-state index in [-0.39, 0.29) is 5.91 Å². The Morgan fingerprint density at radius 3 is 2.40 bits per heavy atom. The van der Waals surface area contributed by atoms with Crippen molar-refractivity contribution in [2.75, 3.05) is 25.4 Å². The van der Waals surface area contributed by atoms with Crippen LogP contribution in [0.3, 0.4) is 0 Å². The third-order valence-corrected chi connectivity index (χ3v) is 5.81. The molecule has 2 aliphatic heterocycles. The van der Waals surface area contributed by atoms with Crippen LogP contribution in [0, 0.1) is 0 Å². The van der Waals surface area contributed by atoms with Gasteiger partial charge in [0.2, 0.25) is 5.91 Å². The number of amides is 1. The summed E-state index contributed by atoms with van der Waals surface area (Å²) in [6, 6.07) is 0.406. The summed E-state index contributed by atoms with van der Waals surface area (Å²) in [5.74, 6) is 0.777. The molecule has 0 radical (unpaired) electrons. The first-order valence-electron chi connectivity index (χ1n) is 7.89. The number of hydrogen-bond donors (Lipinski definition) is 0. The minimum atomic E-state index is 0.263. The van der Waals surface area contributed by atoms with Gasteiger partial charge in [-0.15, -0.1) is 0 Å². The number of nitrogens with zero attached hydrogens (tertiary/aromatic N) is 2. The zero-order valence-electron chi connectivity index (χ0n) is 12.5. The Labute approximate surface area is 132 Å². The van der Waals surface area contributed by atoms with Crippen molar-refractivity contribution in [2.24, 2.45) is 0 Å². The smallest absolute Gasteiger partial charge is 0.233 e. The van der Waals surface area contributed by atoms with Crippen molar-refractivity contribution in [3.05, 3.63) is 0 Å². The molecule has 3 nitrogen and oxygen atoms in total. The average molecular weight is 315 g/mol. The summed E-state index contributed by atoms with van der Waals surface area (Å²) >= 11 is 7.06. The molecule has 0 aromatic carbocycles. The fourth-order valence-electron chi connectivity index (χ4n) is 3.02. The van der Waals surface area contributed by atoms with Crippen molar-refractivity contribution in [1.82, 2.24) is 9.80 Å². The molecule has 2 heterocycles. The molecule has 0 bridgehead atoms. The summed E-state index contributed by atoms with van der Waals surface area (Å²) in [6.07, 6.45) is 8.65. The molecular weight excluding hydrogens is 288 g/mol. The lowest BCUT2D eigenvalue weighted by Gasteiger charge is -2.33. The van der Waals surface area contributed by atoms with E-state index in [0.717, 1.165) is 36.8 Å². The molecule has 0 aromatic rings. The van der Waals surface area contributed by atoms with Crippen LogP contribution in [0.2, 0.25) is 0 Å². The number of hydrogen-bond acceptors (Lipinski definition) is 3. The molecule has 1 atom stereocenters. The molecule has 5 heteroatoms. The molecule has 20 heavy (non-hydrogen) atoms. The van der Waals surface area contributed by atoms with Gasteiger partial charge in [-0.2, -0.15) is 0 Å². The van der Waals surface area contributed by atoms with E-state index in [2.05, 4.69) is 11.8 Å². The van der Waals surface area contributed by atoms with Crippen molar-refractivity contribution >= 4 is 34.2 Å². The van der Waals surface area contributed by atoms with Gasteiger partial charge >= 0.3 is 0 Å². The van der Waals surface area contributed by atoms with Crippen molar-refractivity contribution in [1.29, 1.82) is 0 Å². The van der Waals surface area contributed by atoms with Gasteiger partial charge in [0.1, 0.15) is 4.32 Å². The van der Waals surface area contributed by atoms with E-state index < -0.39 is 0 Å². The summed E-state index contributed by atoms with van der Waals surface area (Å²) in [6.45, 7) is 5.23. The highest BCUT2D eigenvalue weighted by atomic mass is 32.2. The van der Waals surface area contributed by atoms with Gasteiger partial charge in [0, 0.05) is 25.7 Å². The molecule has 2 saturated heterocycles. The minimum Gasteiger partial charge on any atom is -0.358 e. The molecule has 2 fully saturated rings. The molecule has 0 aliphatic carbocycles. The average Bonchev–Trinajstić information content (AvgIpc) is 2.74. The number of carbonyl (C=O) groups is 1. The monoisotopic (exact) mass is 314 g/mol. The Hall–Kier alpha value is -0.290. The number of carbonyl (C=O) groups excluding carboxylic acids is 1. The van der Waals surface area contributed by atoms with Gasteiger partial charge < -0.3 is 9.80 Å². The zero-order valence-corrected chi connectivity index (χ0v) is 14.1. The van der Waals surface area contributed by atoms with Crippen molar-refractivity contribution < 1.29 is 4.79 Å². The minimum absolute atomic E-state index is 0.263. The van der Waals surface area contributed by atoms with Crippen LogP contribution in [0.15, 0.2) is 0 Å². The quantitative estimate of drug-likeness (QED) is 0.730. The molecule has 2 rings (SSSR count). The van der Waals surface area contributed by atoms with Gasteiger partial charge in [0.15, 0.2) is 0 Å². The van der Waals surface area contributed by atoms with E-state index in [4.69, 9.17) is 12.2 Å². The van der Waals surface area contributed by atoms with Crippen molar-refractivity contribution in [3.8, 4) is 0 Å². The van der Waals surface area contributed by atoms with E-state index in [1.165, 1.54) is 32.1 Å². The predicted octanol–water partition coefficient (Wildman–Crippen LogP) is 3.28. The summed E-state index contributed by atoms with van der Waals surface area (Å²) in [4.78, 5) is 16.6. The lowest BCUT2D eigenvalue weighted by atomic mass is 10.0. The van der Waals surface area contributed by atoms with Crippen LogP contribution >= 0.6 is 24.0 Å². The maximum absolute atomic E-state index is 12.3. The van der Waals surface area contributed by atoms with E-state index in [9.17, 15) is 4.79 Å². The van der Waals surface area contributed by atoms with Gasteiger partial charge in [-0.25, -0.2) is 0 Å². The molecule has 2 aliphatic rings. The van der Waals surface area contributed by atoms with Gasteiger partial charge in [0.05, 0.1) is 5.75 Å². The maximum atomic E-state index is 12.3. The van der Waals surface area contributed by atoms with Gasteiger partial charge in [-0.1, -0.05) is 36.8 Å². The summed E-state index contributed by atoms with van der Waals surface area (Å²) in [7, 11) is 0. The number of piperidine rings is 1. The highest BCUT2D eigenvalue weighted by Gasteiger charge is 2.23. The normalized spacial score (nSPS) is 24.4. The first-order valence-corrected chi connectivity index (χ1v) is 9.29. The predicted molar refractivity (Wildman–Crippen MR) is 90.1 cm³/mol. The van der Waals surface area contributed by atoms with E-state index in [1.54, 1.807) is 11.8 Å². The third-order valence-electron chi connectivity index (χ3n) is 4.31. The first kappa shape index (κ1) is 16.1.